The molecule has 0 fully saturated rings. The third-order valence-corrected chi connectivity index (χ3v) is 5.37. The summed E-state index contributed by atoms with van der Waals surface area (Å²) in [6, 6.07) is 7.23. The summed E-state index contributed by atoms with van der Waals surface area (Å²) >= 11 is 0. The van der Waals surface area contributed by atoms with Gasteiger partial charge in [-0.05, 0) is 57.7 Å². The molecule has 0 radical (unpaired) electrons. The minimum absolute atomic E-state index is 0.0105. The monoisotopic (exact) mass is 424 g/mol. The molecule has 3 rings (SSSR count). The normalized spacial score (nSPS) is 18.3. The van der Waals surface area contributed by atoms with Crippen LogP contribution in [0.15, 0.2) is 53.6 Å². The van der Waals surface area contributed by atoms with Crippen molar-refractivity contribution in [3.05, 3.63) is 70.3 Å². The van der Waals surface area contributed by atoms with E-state index in [1.54, 1.807) is 12.1 Å². The SMILES string of the molecule is CC(C)=CCC/C(C)=C/Cc1c(O)cc2c(c1O)C(=O)[C@@H](O)[C@@H](c1ccc(O)cc1)O2. The quantitative estimate of drug-likeness (QED) is 0.500. The summed E-state index contributed by atoms with van der Waals surface area (Å²) < 4.78 is 5.76. The van der Waals surface area contributed by atoms with Crippen molar-refractivity contribution in [1.82, 2.24) is 0 Å². The molecule has 0 aliphatic carbocycles. The van der Waals surface area contributed by atoms with Crippen molar-refractivity contribution < 1.29 is 30.0 Å². The van der Waals surface area contributed by atoms with Crippen LogP contribution in [0.25, 0.3) is 0 Å². The molecule has 0 unspecified atom stereocenters. The van der Waals surface area contributed by atoms with Crippen LogP contribution >= 0.6 is 0 Å². The van der Waals surface area contributed by atoms with Crippen molar-refractivity contribution in [3.8, 4) is 23.0 Å². The largest absolute Gasteiger partial charge is 0.508 e. The van der Waals surface area contributed by atoms with E-state index in [1.165, 1.54) is 23.8 Å². The van der Waals surface area contributed by atoms with Crippen LogP contribution in [0.4, 0.5) is 0 Å². The summed E-state index contributed by atoms with van der Waals surface area (Å²) in [5, 5.41) is 41.2. The van der Waals surface area contributed by atoms with E-state index < -0.39 is 18.0 Å². The Labute approximate surface area is 181 Å². The summed E-state index contributed by atoms with van der Waals surface area (Å²) in [5.41, 5.74) is 2.92. The van der Waals surface area contributed by atoms with Gasteiger partial charge in [0.2, 0.25) is 5.78 Å². The maximum Gasteiger partial charge on any atom is 0.202 e. The van der Waals surface area contributed by atoms with Gasteiger partial charge in [-0.3, -0.25) is 4.79 Å². The number of phenols is 3. The lowest BCUT2D eigenvalue weighted by atomic mass is 9.90. The van der Waals surface area contributed by atoms with Gasteiger partial charge in [0.25, 0.3) is 0 Å². The van der Waals surface area contributed by atoms with Gasteiger partial charge in [0.15, 0.2) is 12.2 Å². The number of aliphatic hydroxyl groups excluding tert-OH is 1. The molecule has 1 aliphatic rings. The van der Waals surface area contributed by atoms with Gasteiger partial charge in [-0.15, -0.1) is 0 Å². The van der Waals surface area contributed by atoms with Crippen molar-refractivity contribution in [2.75, 3.05) is 0 Å². The Morgan fingerprint density at radius 3 is 2.39 bits per heavy atom. The Balaban J connectivity index is 1.87. The molecule has 0 bridgehead atoms. The highest BCUT2D eigenvalue weighted by molar-refractivity contribution is 6.06. The van der Waals surface area contributed by atoms with Crippen molar-refractivity contribution in [3.63, 3.8) is 0 Å². The van der Waals surface area contributed by atoms with E-state index in [9.17, 15) is 25.2 Å². The number of benzene rings is 2. The predicted molar refractivity (Wildman–Crippen MR) is 118 cm³/mol. The van der Waals surface area contributed by atoms with Gasteiger partial charge >= 0.3 is 0 Å². The molecular weight excluding hydrogens is 396 g/mol. The first-order valence-electron chi connectivity index (χ1n) is 10.2. The number of phenolic OH excluding ortho intramolecular Hbond substituents is 3. The Kier molecular flexibility index (Phi) is 6.71. The second-order valence-electron chi connectivity index (χ2n) is 8.11. The number of Topliss-reactive ketones (excluding diaryl/α,β-unsaturated/α-hetero) is 1. The molecule has 1 aliphatic heterocycles. The standard InChI is InChI=1S/C25H28O6/c1-14(2)5-4-6-15(3)7-12-18-19(27)13-20-21(22(18)28)23(29)24(30)25(31-20)16-8-10-17(26)11-9-16/h5,7-11,13,24-28,30H,4,6,12H2,1-3H3/b15-7+/t24-,25-/m1/s1. The van der Waals surface area contributed by atoms with Crippen LogP contribution in [-0.2, 0) is 6.42 Å². The van der Waals surface area contributed by atoms with E-state index in [0.29, 0.717) is 5.56 Å². The van der Waals surface area contributed by atoms with Gasteiger partial charge in [0, 0.05) is 11.6 Å². The first-order chi connectivity index (χ1) is 14.7. The molecular formula is C25H28O6. The maximum atomic E-state index is 12.9. The molecule has 0 spiro atoms. The van der Waals surface area contributed by atoms with Crippen LogP contribution < -0.4 is 4.74 Å². The number of aliphatic hydroxyl groups is 1. The topological polar surface area (TPSA) is 107 Å². The van der Waals surface area contributed by atoms with Crippen molar-refractivity contribution in [2.24, 2.45) is 0 Å². The molecule has 0 aromatic heterocycles. The van der Waals surface area contributed by atoms with Gasteiger partial charge in [-0.2, -0.15) is 0 Å². The van der Waals surface area contributed by atoms with Gasteiger partial charge in [0.1, 0.15) is 28.6 Å². The van der Waals surface area contributed by atoms with Gasteiger partial charge in [-0.1, -0.05) is 35.4 Å². The second kappa shape index (κ2) is 9.27. The molecule has 6 heteroatoms. The molecule has 2 atom stereocenters. The molecule has 2 aromatic rings. The third-order valence-electron chi connectivity index (χ3n) is 5.37. The van der Waals surface area contributed by atoms with E-state index in [4.69, 9.17) is 4.74 Å². The zero-order chi connectivity index (χ0) is 22.7. The first-order valence-corrected chi connectivity index (χ1v) is 10.2. The lowest BCUT2D eigenvalue weighted by molar-refractivity contribution is 0.0210. The summed E-state index contributed by atoms with van der Waals surface area (Å²) in [4.78, 5) is 12.9. The zero-order valence-corrected chi connectivity index (χ0v) is 17.9. The summed E-state index contributed by atoms with van der Waals surface area (Å²) in [5.74, 6) is -1.18. The van der Waals surface area contributed by atoms with E-state index in [1.807, 2.05) is 26.8 Å². The molecule has 2 aromatic carbocycles. The Morgan fingerprint density at radius 1 is 1.06 bits per heavy atom. The molecule has 4 N–H and O–H groups in total. The van der Waals surface area contributed by atoms with Crippen LogP contribution in [0.5, 0.6) is 23.0 Å². The van der Waals surface area contributed by atoms with E-state index in [-0.39, 0.29) is 40.5 Å². The average Bonchev–Trinajstić information content (AvgIpc) is 2.70. The summed E-state index contributed by atoms with van der Waals surface area (Å²) in [7, 11) is 0. The highest BCUT2D eigenvalue weighted by Crippen LogP contribution is 2.45. The van der Waals surface area contributed by atoms with Crippen LogP contribution in [0.3, 0.4) is 0 Å². The zero-order valence-electron chi connectivity index (χ0n) is 17.9. The lowest BCUT2D eigenvalue weighted by Gasteiger charge is -2.30. The van der Waals surface area contributed by atoms with E-state index >= 15 is 0 Å². The minimum atomic E-state index is -1.53. The van der Waals surface area contributed by atoms with Crippen LogP contribution in [0, 0.1) is 0 Å². The number of aromatic hydroxyl groups is 3. The number of fused-ring (bicyclic) bond motifs is 1. The third kappa shape index (κ3) is 4.91. The highest BCUT2D eigenvalue weighted by atomic mass is 16.5. The summed E-state index contributed by atoms with van der Waals surface area (Å²) in [6.45, 7) is 6.07. The number of allylic oxidation sites excluding steroid dienone is 4. The molecule has 0 saturated carbocycles. The molecule has 31 heavy (non-hydrogen) atoms. The fourth-order valence-electron chi connectivity index (χ4n) is 3.57. The van der Waals surface area contributed by atoms with E-state index in [2.05, 4.69) is 6.08 Å². The average molecular weight is 424 g/mol. The maximum absolute atomic E-state index is 12.9. The number of hydrogen-bond donors (Lipinski definition) is 4. The van der Waals surface area contributed by atoms with Gasteiger partial charge in [-0.25, -0.2) is 0 Å². The predicted octanol–water partition coefficient (Wildman–Crippen LogP) is 4.72. The highest BCUT2D eigenvalue weighted by Gasteiger charge is 2.40. The van der Waals surface area contributed by atoms with Gasteiger partial charge in [0.05, 0.1) is 0 Å². The Hall–Kier alpha value is -3.25. The summed E-state index contributed by atoms with van der Waals surface area (Å²) in [6.07, 6.45) is 3.52. The van der Waals surface area contributed by atoms with Crippen molar-refractivity contribution in [1.29, 1.82) is 0 Å². The number of rotatable bonds is 6. The second-order valence-corrected chi connectivity index (χ2v) is 8.11. The molecule has 164 valence electrons. The minimum Gasteiger partial charge on any atom is -0.508 e. The van der Waals surface area contributed by atoms with Crippen molar-refractivity contribution >= 4 is 5.78 Å². The number of ether oxygens (including phenoxy) is 1. The number of ketones is 1. The van der Waals surface area contributed by atoms with Crippen LogP contribution in [0.2, 0.25) is 0 Å². The number of hydrogen-bond acceptors (Lipinski definition) is 6. The number of carbonyl (C=O) groups excluding carboxylic acids is 1. The van der Waals surface area contributed by atoms with E-state index in [0.717, 1.165) is 18.4 Å². The van der Waals surface area contributed by atoms with Gasteiger partial charge < -0.3 is 25.2 Å². The Bertz CT molecular complexity index is 1030. The number of carbonyl (C=O) groups is 1. The fourth-order valence-corrected chi connectivity index (χ4v) is 3.57. The lowest BCUT2D eigenvalue weighted by Crippen LogP contribution is -2.36. The van der Waals surface area contributed by atoms with Crippen LogP contribution in [0.1, 0.15) is 61.2 Å². The Morgan fingerprint density at radius 2 is 1.74 bits per heavy atom. The van der Waals surface area contributed by atoms with Crippen LogP contribution in [-0.4, -0.2) is 32.3 Å². The molecule has 6 nitrogen and oxygen atoms in total. The molecule has 1 heterocycles. The molecule has 0 amide bonds. The first kappa shape index (κ1) is 22.4. The molecule has 0 saturated heterocycles. The fraction of sp³-hybridized carbons (Fsp3) is 0.320. The van der Waals surface area contributed by atoms with Crippen molar-refractivity contribution in [2.45, 2.75) is 52.2 Å². The smallest absolute Gasteiger partial charge is 0.202 e.